The average molecular weight is 491 g/mol. The van der Waals surface area contributed by atoms with Crippen molar-refractivity contribution in [2.75, 3.05) is 37.7 Å². The monoisotopic (exact) mass is 490 g/mol. The summed E-state index contributed by atoms with van der Waals surface area (Å²) in [4.78, 5) is 18.0. The zero-order valence-corrected chi connectivity index (χ0v) is 22.4. The number of aryl methyl sites for hydroxylation is 2. The van der Waals surface area contributed by atoms with Crippen molar-refractivity contribution in [3.8, 4) is 11.8 Å². The number of nitrogens with zero attached hydrogens (tertiary/aromatic N) is 1. The Balaban J connectivity index is 1.61. The van der Waals surface area contributed by atoms with Gasteiger partial charge in [0.25, 0.3) is 5.56 Å². The molecular formula is C30H42N4O2. The Hall–Kier alpha value is -2.59. The molecule has 2 aliphatic heterocycles. The fourth-order valence-corrected chi connectivity index (χ4v) is 5.51. The van der Waals surface area contributed by atoms with Gasteiger partial charge in [-0.3, -0.25) is 4.79 Å². The molecule has 2 aliphatic rings. The standard InChI is InChI=1S/C30H42N4O2/c1-5-34(27-10-14-36-15-11-27)29-18-25(7-6-24-8-12-31-13-9-24)17-26(23(29)4)19-32-20-28-21(2)16-22(3)33-30(28)35/h16-18,24,27,31-32H,5,8-15,19-20H2,1-4H3,(H,33,35). The van der Waals surface area contributed by atoms with E-state index in [0.29, 0.717) is 25.0 Å². The van der Waals surface area contributed by atoms with Crippen LogP contribution in [-0.2, 0) is 17.8 Å². The van der Waals surface area contributed by atoms with Gasteiger partial charge in [-0.05, 0) is 101 Å². The maximum absolute atomic E-state index is 12.5. The quantitative estimate of drug-likeness (QED) is 0.513. The van der Waals surface area contributed by atoms with E-state index >= 15 is 0 Å². The first-order valence-corrected chi connectivity index (χ1v) is 13.6. The summed E-state index contributed by atoms with van der Waals surface area (Å²) >= 11 is 0. The van der Waals surface area contributed by atoms with Gasteiger partial charge in [0.15, 0.2) is 0 Å². The largest absolute Gasteiger partial charge is 0.381 e. The lowest BCUT2D eigenvalue weighted by Crippen LogP contribution is -2.40. The predicted octanol–water partition coefficient (Wildman–Crippen LogP) is 3.95. The number of hydrogen-bond acceptors (Lipinski definition) is 5. The number of piperidine rings is 1. The minimum atomic E-state index is -0.00400. The van der Waals surface area contributed by atoms with Crippen molar-refractivity contribution >= 4 is 5.69 Å². The molecule has 3 N–H and O–H groups in total. The van der Waals surface area contributed by atoms with E-state index in [-0.39, 0.29) is 5.56 Å². The number of nitrogens with one attached hydrogen (secondary N) is 3. The Morgan fingerprint density at radius 1 is 1.06 bits per heavy atom. The Kier molecular flexibility index (Phi) is 9.25. The van der Waals surface area contributed by atoms with E-state index in [9.17, 15) is 4.79 Å². The molecule has 1 aromatic carbocycles. The number of anilines is 1. The highest BCUT2D eigenvalue weighted by atomic mass is 16.5. The second-order valence-electron chi connectivity index (χ2n) is 10.2. The van der Waals surface area contributed by atoms with Crippen LogP contribution in [-0.4, -0.2) is 43.9 Å². The third-order valence-electron chi connectivity index (χ3n) is 7.64. The third-order valence-corrected chi connectivity index (χ3v) is 7.64. The second kappa shape index (κ2) is 12.6. The number of pyridine rings is 1. The molecule has 36 heavy (non-hydrogen) atoms. The van der Waals surface area contributed by atoms with Crippen molar-refractivity contribution in [3.63, 3.8) is 0 Å². The number of aromatic nitrogens is 1. The van der Waals surface area contributed by atoms with Crippen LogP contribution in [0.4, 0.5) is 5.69 Å². The van der Waals surface area contributed by atoms with E-state index in [2.05, 4.69) is 58.3 Å². The van der Waals surface area contributed by atoms with Gasteiger partial charge in [0.1, 0.15) is 0 Å². The highest BCUT2D eigenvalue weighted by Gasteiger charge is 2.23. The van der Waals surface area contributed by atoms with Gasteiger partial charge in [-0.2, -0.15) is 0 Å². The molecule has 0 saturated carbocycles. The molecule has 0 bridgehead atoms. The van der Waals surface area contributed by atoms with E-state index in [1.165, 1.54) is 16.8 Å². The van der Waals surface area contributed by atoms with Gasteiger partial charge in [0.2, 0.25) is 0 Å². The van der Waals surface area contributed by atoms with Gasteiger partial charge in [0, 0.05) is 67.3 Å². The van der Waals surface area contributed by atoms with Crippen LogP contribution in [0.1, 0.15) is 66.1 Å². The molecule has 2 fully saturated rings. The van der Waals surface area contributed by atoms with Gasteiger partial charge < -0.3 is 25.3 Å². The number of H-pyrrole nitrogens is 1. The molecule has 0 aliphatic carbocycles. The van der Waals surface area contributed by atoms with Crippen molar-refractivity contribution in [2.45, 2.75) is 72.5 Å². The smallest absolute Gasteiger partial charge is 0.252 e. The molecule has 4 rings (SSSR count). The zero-order valence-electron chi connectivity index (χ0n) is 22.4. The van der Waals surface area contributed by atoms with Crippen molar-refractivity contribution < 1.29 is 4.74 Å². The van der Waals surface area contributed by atoms with E-state index in [4.69, 9.17) is 4.74 Å². The SMILES string of the molecule is CCN(c1cc(C#CC2CCNCC2)cc(CNCc2c(C)cc(C)[nH]c2=O)c1C)C1CCOCC1. The van der Waals surface area contributed by atoms with Crippen LogP contribution in [0.15, 0.2) is 23.0 Å². The van der Waals surface area contributed by atoms with Gasteiger partial charge in [-0.1, -0.05) is 11.8 Å². The maximum atomic E-state index is 12.5. The summed E-state index contributed by atoms with van der Waals surface area (Å²) in [5.41, 5.74) is 7.62. The lowest BCUT2D eigenvalue weighted by atomic mass is 9.96. The molecule has 0 radical (unpaired) electrons. The first-order valence-electron chi connectivity index (χ1n) is 13.6. The topological polar surface area (TPSA) is 69.4 Å². The minimum absolute atomic E-state index is 0.00400. The number of benzene rings is 1. The summed E-state index contributed by atoms with van der Waals surface area (Å²) in [6, 6.07) is 7.06. The summed E-state index contributed by atoms with van der Waals surface area (Å²) in [5, 5.41) is 6.97. The summed E-state index contributed by atoms with van der Waals surface area (Å²) in [7, 11) is 0. The second-order valence-corrected chi connectivity index (χ2v) is 10.2. The first-order chi connectivity index (χ1) is 17.5. The fourth-order valence-electron chi connectivity index (χ4n) is 5.51. The lowest BCUT2D eigenvalue weighted by Gasteiger charge is -2.37. The van der Waals surface area contributed by atoms with Crippen LogP contribution >= 0.6 is 0 Å². The number of rotatable bonds is 7. The average Bonchev–Trinajstić information content (AvgIpc) is 2.88. The van der Waals surface area contributed by atoms with Crippen LogP contribution < -0.4 is 21.1 Å². The Morgan fingerprint density at radius 3 is 2.50 bits per heavy atom. The van der Waals surface area contributed by atoms with Gasteiger partial charge in [-0.15, -0.1) is 0 Å². The normalized spacial score (nSPS) is 17.0. The molecule has 0 unspecified atom stereocenters. The highest BCUT2D eigenvalue weighted by molar-refractivity contribution is 5.61. The predicted molar refractivity (Wildman–Crippen MR) is 148 cm³/mol. The summed E-state index contributed by atoms with van der Waals surface area (Å²) in [5.74, 6) is 7.55. The third kappa shape index (κ3) is 6.59. The van der Waals surface area contributed by atoms with Gasteiger partial charge in [0.05, 0.1) is 0 Å². The molecule has 194 valence electrons. The van der Waals surface area contributed by atoms with Crippen LogP contribution in [0.5, 0.6) is 0 Å². The summed E-state index contributed by atoms with van der Waals surface area (Å²) in [6.45, 7) is 14.4. The molecule has 3 heterocycles. The van der Waals surface area contributed by atoms with Gasteiger partial charge >= 0.3 is 0 Å². The van der Waals surface area contributed by atoms with E-state index < -0.39 is 0 Å². The molecular weight excluding hydrogens is 448 g/mol. The van der Waals surface area contributed by atoms with Crippen molar-refractivity contribution in [2.24, 2.45) is 5.92 Å². The Morgan fingerprint density at radius 2 is 1.81 bits per heavy atom. The number of hydrogen-bond donors (Lipinski definition) is 3. The maximum Gasteiger partial charge on any atom is 0.252 e. The van der Waals surface area contributed by atoms with Crippen molar-refractivity contribution in [3.05, 3.63) is 62.1 Å². The molecule has 0 atom stereocenters. The Bertz CT molecular complexity index is 1150. The zero-order chi connectivity index (χ0) is 25.5. The lowest BCUT2D eigenvalue weighted by molar-refractivity contribution is 0.0846. The van der Waals surface area contributed by atoms with E-state index in [1.54, 1.807) is 0 Å². The van der Waals surface area contributed by atoms with E-state index in [0.717, 1.165) is 80.9 Å². The number of ether oxygens (including phenoxy) is 1. The van der Waals surface area contributed by atoms with Crippen molar-refractivity contribution in [1.29, 1.82) is 0 Å². The summed E-state index contributed by atoms with van der Waals surface area (Å²) < 4.78 is 5.64. The van der Waals surface area contributed by atoms with Crippen LogP contribution in [0, 0.1) is 38.5 Å². The van der Waals surface area contributed by atoms with Crippen LogP contribution in [0.25, 0.3) is 0 Å². The molecule has 1 aromatic heterocycles. The van der Waals surface area contributed by atoms with Crippen LogP contribution in [0.2, 0.25) is 0 Å². The highest BCUT2D eigenvalue weighted by Crippen LogP contribution is 2.30. The van der Waals surface area contributed by atoms with Gasteiger partial charge in [-0.25, -0.2) is 0 Å². The molecule has 6 heteroatoms. The summed E-state index contributed by atoms with van der Waals surface area (Å²) in [6.07, 6.45) is 4.35. The Labute approximate surface area is 216 Å². The molecule has 2 aromatic rings. The fraction of sp³-hybridized carbons (Fsp3) is 0.567. The molecule has 6 nitrogen and oxygen atoms in total. The minimum Gasteiger partial charge on any atom is -0.381 e. The molecule has 2 saturated heterocycles. The van der Waals surface area contributed by atoms with Crippen LogP contribution in [0.3, 0.4) is 0 Å². The van der Waals surface area contributed by atoms with Crippen molar-refractivity contribution in [1.82, 2.24) is 15.6 Å². The first kappa shape index (κ1) is 26.5. The number of aromatic amines is 1. The molecule has 0 spiro atoms. The van der Waals surface area contributed by atoms with E-state index in [1.807, 2.05) is 19.9 Å². The molecule has 0 amide bonds.